The standard InChI is InChI=1S/C15H9BrN2O3/c16-11-3-6-14-10(7-11)8-13(15(19)17-14)9-1-4-12(5-2-9)18(20)21/h1-8H,(H,17,19). The van der Waals surface area contributed by atoms with Gasteiger partial charge in [-0.1, -0.05) is 15.9 Å². The van der Waals surface area contributed by atoms with Gasteiger partial charge in [-0.3, -0.25) is 14.9 Å². The van der Waals surface area contributed by atoms with Crippen LogP contribution in [0.25, 0.3) is 22.0 Å². The average molecular weight is 345 g/mol. The van der Waals surface area contributed by atoms with E-state index in [4.69, 9.17) is 0 Å². The van der Waals surface area contributed by atoms with Crippen LogP contribution in [-0.2, 0) is 0 Å². The van der Waals surface area contributed by atoms with Crippen molar-refractivity contribution >= 4 is 32.5 Å². The summed E-state index contributed by atoms with van der Waals surface area (Å²) < 4.78 is 0.914. The van der Waals surface area contributed by atoms with Gasteiger partial charge in [0.15, 0.2) is 0 Å². The van der Waals surface area contributed by atoms with Gasteiger partial charge >= 0.3 is 0 Å². The van der Waals surface area contributed by atoms with Crippen molar-refractivity contribution in [3.8, 4) is 11.1 Å². The number of nitrogens with zero attached hydrogens (tertiary/aromatic N) is 1. The van der Waals surface area contributed by atoms with Gasteiger partial charge in [-0.25, -0.2) is 0 Å². The molecular formula is C15H9BrN2O3. The van der Waals surface area contributed by atoms with E-state index in [1.54, 1.807) is 18.2 Å². The number of fused-ring (bicyclic) bond motifs is 1. The smallest absolute Gasteiger partial charge is 0.269 e. The van der Waals surface area contributed by atoms with E-state index in [0.29, 0.717) is 11.1 Å². The summed E-state index contributed by atoms with van der Waals surface area (Å²) in [7, 11) is 0. The van der Waals surface area contributed by atoms with E-state index in [9.17, 15) is 14.9 Å². The summed E-state index contributed by atoms with van der Waals surface area (Å²) in [6.07, 6.45) is 0. The molecule has 0 aliphatic rings. The third-order valence-electron chi connectivity index (χ3n) is 3.20. The van der Waals surface area contributed by atoms with Crippen LogP contribution in [0.1, 0.15) is 0 Å². The van der Waals surface area contributed by atoms with Crippen LogP contribution in [0.4, 0.5) is 5.69 Å². The molecule has 2 aromatic carbocycles. The molecule has 0 bridgehead atoms. The number of nitro groups is 1. The van der Waals surface area contributed by atoms with E-state index in [0.717, 1.165) is 15.4 Å². The predicted octanol–water partition coefficient (Wildman–Crippen LogP) is 3.87. The molecule has 0 saturated carbocycles. The summed E-state index contributed by atoms with van der Waals surface area (Å²) in [6.45, 7) is 0. The van der Waals surface area contributed by atoms with Gasteiger partial charge in [0.1, 0.15) is 0 Å². The molecule has 21 heavy (non-hydrogen) atoms. The molecule has 5 nitrogen and oxygen atoms in total. The quantitative estimate of drug-likeness (QED) is 0.566. The van der Waals surface area contributed by atoms with Crippen molar-refractivity contribution in [3.63, 3.8) is 0 Å². The summed E-state index contributed by atoms with van der Waals surface area (Å²) in [5.74, 6) is 0. The number of nitro benzene ring substituents is 1. The molecule has 3 rings (SSSR count). The summed E-state index contributed by atoms with van der Waals surface area (Å²) >= 11 is 3.39. The van der Waals surface area contributed by atoms with Gasteiger partial charge in [-0.05, 0) is 47.3 Å². The van der Waals surface area contributed by atoms with Crippen LogP contribution < -0.4 is 5.56 Å². The number of hydrogen-bond acceptors (Lipinski definition) is 3. The maximum Gasteiger partial charge on any atom is 0.269 e. The monoisotopic (exact) mass is 344 g/mol. The van der Waals surface area contributed by atoms with Crippen molar-refractivity contribution in [2.45, 2.75) is 0 Å². The highest BCUT2D eigenvalue weighted by atomic mass is 79.9. The first kappa shape index (κ1) is 13.5. The molecule has 104 valence electrons. The number of rotatable bonds is 2. The number of non-ortho nitro benzene ring substituents is 1. The van der Waals surface area contributed by atoms with Gasteiger partial charge in [-0.15, -0.1) is 0 Å². The van der Waals surface area contributed by atoms with Crippen LogP contribution in [0.3, 0.4) is 0 Å². The third-order valence-corrected chi connectivity index (χ3v) is 3.69. The molecule has 1 aromatic heterocycles. The Morgan fingerprint density at radius 3 is 2.43 bits per heavy atom. The Bertz CT molecular complexity index is 901. The summed E-state index contributed by atoms with van der Waals surface area (Å²) in [6, 6.07) is 13.3. The Balaban J connectivity index is 2.17. The largest absolute Gasteiger partial charge is 0.321 e. The van der Waals surface area contributed by atoms with E-state index < -0.39 is 4.92 Å². The van der Waals surface area contributed by atoms with Crippen molar-refractivity contribution in [3.05, 3.63) is 73.5 Å². The van der Waals surface area contributed by atoms with E-state index in [2.05, 4.69) is 20.9 Å². The second kappa shape index (κ2) is 5.14. The Labute approximate surface area is 127 Å². The fraction of sp³-hybridized carbons (Fsp3) is 0. The Kier molecular flexibility index (Phi) is 3.31. The minimum Gasteiger partial charge on any atom is -0.321 e. The van der Waals surface area contributed by atoms with Crippen LogP contribution in [0.2, 0.25) is 0 Å². The third kappa shape index (κ3) is 2.57. The normalized spacial score (nSPS) is 10.7. The molecule has 0 radical (unpaired) electrons. The average Bonchev–Trinajstić information content (AvgIpc) is 2.47. The molecule has 0 saturated heterocycles. The van der Waals surface area contributed by atoms with Gasteiger partial charge in [-0.2, -0.15) is 0 Å². The highest BCUT2D eigenvalue weighted by molar-refractivity contribution is 9.10. The van der Waals surface area contributed by atoms with E-state index in [-0.39, 0.29) is 11.2 Å². The molecule has 1 N–H and O–H groups in total. The Morgan fingerprint density at radius 1 is 1.05 bits per heavy atom. The lowest BCUT2D eigenvalue weighted by Gasteiger charge is -2.04. The van der Waals surface area contributed by atoms with Crippen LogP contribution in [0.5, 0.6) is 0 Å². The molecule has 0 aliphatic heterocycles. The Morgan fingerprint density at radius 2 is 1.76 bits per heavy atom. The first-order valence-corrected chi connectivity index (χ1v) is 6.91. The molecule has 0 atom stereocenters. The molecule has 0 fully saturated rings. The zero-order valence-electron chi connectivity index (χ0n) is 10.7. The van der Waals surface area contributed by atoms with Crippen LogP contribution in [-0.4, -0.2) is 9.91 Å². The molecule has 0 aliphatic carbocycles. The molecule has 1 heterocycles. The number of benzene rings is 2. The second-order valence-corrected chi connectivity index (χ2v) is 5.46. The fourth-order valence-corrected chi connectivity index (χ4v) is 2.53. The molecule has 0 unspecified atom stereocenters. The van der Waals surface area contributed by atoms with Gasteiger partial charge < -0.3 is 4.98 Å². The van der Waals surface area contributed by atoms with Crippen LogP contribution >= 0.6 is 15.9 Å². The van der Waals surface area contributed by atoms with E-state index >= 15 is 0 Å². The van der Waals surface area contributed by atoms with Crippen molar-refractivity contribution in [2.24, 2.45) is 0 Å². The molecule has 3 aromatic rings. The first-order chi connectivity index (χ1) is 10.0. The zero-order valence-corrected chi connectivity index (χ0v) is 12.3. The van der Waals surface area contributed by atoms with Crippen molar-refractivity contribution in [1.29, 1.82) is 0 Å². The lowest BCUT2D eigenvalue weighted by molar-refractivity contribution is -0.384. The molecule has 0 amide bonds. The summed E-state index contributed by atoms with van der Waals surface area (Å²) in [5.41, 5.74) is 1.64. The first-order valence-electron chi connectivity index (χ1n) is 6.12. The van der Waals surface area contributed by atoms with Gasteiger partial charge in [0.2, 0.25) is 0 Å². The van der Waals surface area contributed by atoms with E-state index in [1.165, 1.54) is 12.1 Å². The van der Waals surface area contributed by atoms with Crippen LogP contribution in [0.15, 0.2) is 57.8 Å². The highest BCUT2D eigenvalue weighted by Gasteiger charge is 2.09. The predicted molar refractivity (Wildman–Crippen MR) is 84.4 cm³/mol. The number of nitrogens with one attached hydrogen (secondary N) is 1. The molecule has 6 heteroatoms. The van der Waals surface area contributed by atoms with Crippen molar-refractivity contribution in [2.75, 3.05) is 0 Å². The van der Waals surface area contributed by atoms with Gasteiger partial charge in [0.05, 0.1) is 4.92 Å². The lowest BCUT2D eigenvalue weighted by Crippen LogP contribution is -2.08. The topological polar surface area (TPSA) is 76.0 Å². The van der Waals surface area contributed by atoms with Crippen LogP contribution in [0, 0.1) is 10.1 Å². The lowest BCUT2D eigenvalue weighted by atomic mass is 10.0. The minimum atomic E-state index is -0.467. The van der Waals surface area contributed by atoms with Crippen molar-refractivity contribution < 1.29 is 4.92 Å². The fourth-order valence-electron chi connectivity index (χ4n) is 2.15. The molecule has 0 spiro atoms. The number of aromatic nitrogens is 1. The maximum atomic E-state index is 12.1. The zero-order chi connectivity index (χ0) is 15.0. The minimum absolute atomic E-state index is 0.00119. The summed E-state index contributed by atoms with van der Waals surface area (Å²) in [4.78, 5) is 25.1. The number of hydrogen-bond donors (Lipinski definition) is 1. The van der Waals surface area contributed by atoms with Crippen molar-refractivity contribution in [1.82, 2.24) is 4.98 Å². The number of aromatic amines is 1. The van der Waals surface area contributed by atoms with Gasteiger partial charge in [0, 0.05) is 27.7 Å². The van der Waals surface area contributed by atoms with E-state index in [1.807, 2.05) is 18.2 Å². The SMILES string of the molecule is O=c1[nH]c2ccc(Br)cc2cc1-c1ccc([N+](=O)[O-])cc1. The number of H-pyrrole nitrogens is 1. The maximum absolute atomic E-state index is 12.1. The summed E-state index contributed by atoms with van der Waals surface area (Å²) in [5, 5.41) is 11.5. The van der Waals surface area contributed by atoms with Gasteiger partial charge in [0.25, 0.3) is 11.2 Å². The number of halogens is 1. The highest BCUT2D eigenvalue weighted by Crippen LogP contribution is 2.24. The molecular weight excluding hydrogens is 336 g/mol. The number of pyridine rings is 1. The Hall–Kier alpha value is -2.47. The second-order valence-electron chi connectivity index (χ2n) is 4.55.